The molecule has 0 saturated heterocycles. The number of fused-ring (bicyclic) bond motifs is 2. The summed E-state index contributed by atoms with van der Waals surface area (Å²) in [5.41, 5.74) is 5.35. The molecule has 0 amide bonds. The summed E-state index contributed by atoms with van der Waals surface area (Å²) in [6.45, 7) is 4.74. The molecule has 4 aromatic rings. The molecule has 0 aliphatic carbocycles. The van der Waals surface area contributed by atoms with E-state index in [1.807, 2.05) is 31.2 Å². The number of aryl methyl sites for hydroxylation is 1. The SMILES string of the molecule is Cc1ccc(-n2c(CCN3Cc4ccccc4C3)nc3cc(Cl)ccc3c2=O)cc1. The summed E-state index contributed by atoms with van der Waals surface area (Å²) < 4.78 is 1.75. The van der Waals surface area contributed by atoms with E-state index >= 15 is 0 Å². The molecule has 0 fully saturated rings. The quantitative estimate of drug-likeness (QED) is 0.475. The Morgan fingerprint density at radius 2 is 1.67 bits per heavy atom. The van der Waals surface area contributed by atoms with Gasteiger partial charge >= 0.3 is 0 Å². The topological polar surface area (TPSA) is 38.1 Å². The van der Waals surface area contributed by atoms with Gasteiger partial charge in [0.1, 0.15) is 5.82 Å². The molecule has 0 unspecified atom stereocenters. The third-order valence-corrected chi connectivity index (χ3v) is 5.99. The molecular weight excluding hydrogens is 394 g/mol. The van der Waals surface area contributed by atoms with Gasteiger partial charge in [-0.3, -0.25) is 14.3 Å². The van der Waals surface area contributed by atoms with Gasteiger partial charge in [-0.05, 0) is 48.4 Å². The summed E-state index contributed by atoms with van der Waals surface area (Å²) in [6.07, 6.45) is 0.680. The third kappa shape index (κ3) is 3.53. The van der Waals surface area contributed by atoms with Crippen molar-refractivity contribution < 1.29 is 0 Å². The molecule has 150 valence electrons. The Morgan fingerprint density at radius 3 is 2.37 bits per heavy atom. The van der Waals surface area contributed by atoms with Crippen LogP contribution in [0.4, 0.5) is 0 Å². The second-order valence-corrected chi connectivity index (χ2v) is 8.33. The molecule has 1 aromatic heterocycles. The van der Waals surface area contributed by atoms with Gasteiger partial charge in [0, 0.05) is 31.1 Å². The van der Waals surface area contributed by atoms with Crippen LogP contribution in [0.3, 0.4) is 0 Å². The van der Waals surface area contributed by atoms with Crippen molar-refractivity contribution in [2.45, 2.75) is 26.4 Å². The molecule has 4 nitrogen and oxygen atoms in total. The smallest absolute Gasteiger partial charge is 0.265 e. The van der Waals surface area contributed by atoms with Gasteiger partial charge in [0.05, 0.1) is 16.6 Å². The lowest BCUT2D eigenvalue weighted by Gasteiger charge is -2.18. The van der Waals surface area contributed by atoms with Crippen LogP contribution in [0, 0.1) is 6.92 Å². The molecule has 3 aromatic carbocycles. The second kappa shape index (κ2) is 7.71. The lowest BCUT2D eigenvalue weighted by molar-refractivity contribution is 0.285. The van der Waals surface area contributed by atoms with E-state index in [0.29, 0.717) is 22.3 Å². The van der Waals surface area contributed by atoms with Crippen molar-refractivity contribution in [1.29, 1.82) is 0 Å². The van der Waals surface area contributed by atoms with Crippen molar-refractivity contribution in [1.82, 2.24) is 14.5 Å². The molecule has 0 saturated carbocycles. The minimum Gasteiger partial charge on any atom is -0.294 e. The van der Waals surface area contributed by atoms with Crippen LogP contribution in [0.5, 0.6) is 0 Å². The zero-order chi connectivity index (χ0) is 20.7. The first-order valence-corrected chi connectivity index (χ1v) is 10.5. The zero-order valence-electron chi connectivity index (χ0n) is 16.8. The number of halogens is 1. The molecule has 0 N–H and O–H groups in total. The van der Waals surface area contributed by atoms with Gasteiger partial charge < -0.3 is 0 Å². The summed E-state index contributed by atoms with van der Waals surface area (Å²) in [5, 5.41) is 1.17. The lowest BCUT2D eigenvalue weighted by atomic mass is 10.1. The van der Waals surface area contributed by atoms with Crippen molar-refractivity contribution >= 4 is 22.5 Å². The molecule has 0 radical (unpaired) electrons. The fourth-order valence-corrected chi connectivity index (χ4v) is 4.32. The van der Waals surface area contributed by atoms with Crippen LogP contribution < -0.4 is 5.56 Å². The highest BCUT2D eigenvalue weighted by Gasteiger charge is 2.20. The number of hydrogen-bond acceptors (Lipinski definition) is 3. The van der Waals surface area contributed by atoms with Crippen LogP contribution >= 0.6 is 11.6 Å². The summed E-state index contributed by atoms with van der Waals surface area (Å²) in [6, 6.07) is 21.8. The van der Waals surface area contributed by atoms with Gasteiger partial charge in [-0.1, -0.05) is 53.6 Å². The van der Waals surface area contributed by atoms with Crippen molar-refractivity contribution in [3.8, 4) is 5.69 Å². The number of rotatable bonds is 4. The Morgan fingerprint density at radius 1 is 0.967 bits per heavy atom. The molecule has 1 aliphatic heterocycles. The Bertz CT molecular complexity index is 1270. The summed E-state index contributed by atoms with van der Waals surface area (Å²) in [7, 11) is 0. The zero-order valence-corrected chi connectivity index (χ0v) is 17.6. The maximum absolute atomic E-state index is 13.4. The molecular formula is C25H22ClN3O. The fraction of sp³-hybridized carbons (Fsp3) is 0.200. The van der Waals surface area contributed by atoms with E-state index in [9.17, 15) is 4.79 Å². The van der Waals surface area contributed by atoms with Crippen LogP contribution in [0.2, 0.25) is 5.02 Å². The van der Waals surface area contributed by atoms with E-state index in [1.54, 1.807) is 22.8 Å². The predicted octanol–water partition coefficient (Wildman–Crippen LogP) is 4.91. The average molecular weight is 416 g/mol. The van der Waals surface area contributed by atoms with E-state index in [4.69, 9.17) is 16.6 Å². The first kappa shape index (κ1) is 19.0. The first-order chi connectivity index (χ1) is 14.6. The molecule has 1 aliphatic rings. The highest BCUT2D eigenvalue weighted by molar-refractivity contribution is 6.31. The Labute approximate surface area is 180 Å². The Hall–Kier alpha value is -2.95. The van der Waals surface area contributed by atoms with Crippen molar-refractivity contribution in [3.63, 3.8) is 0 Å². The van der Waals surface area contributed by atoms with E-state index in [1.165, 1.54) is 11.1 Å². The normalized spacial score (nSPS) is 13.7. The Balaban J connectivity index is 1.53. The van der Waals surface area contributed by atoms with Crippen molar-refractivity contribution in [2.75, 3.05) is 6.54 Å². The number of nitrogens with zero attached hydrogens (tertiary/aromatic N) is 3. The van der Waals surface area contributed by atoms with E-state index in [-0.39, 0.29) is 5.56 Å². The van der Waals surface area contributed by atoms with Crippen LogP contribution in [0.25, 0.3) is 16.6 Å². The maximum Gasteiger partial charge on any atom is 0.265 e. The summed E-state index contributed by atoms with van der Waals surface area (Å²) in [5.74, 6) is 0.759. The molecule has 0 spiro atoms. The average Bonchev–Trinajstić information content (AvgIpc) is 3.16. The van der Waals surface area contributed by atoms with Gasteiger partial charge in [-0.25, -0.2) is 4.98 Å². The van der Waals surface area contributed by atoms with Gasteiger partial charge in [-0.15, -0.1) is 0 Å². The minimum atomic E-state index is -0.0553. The maximum atomic E-state index is 13.4. The van der Waals surface area contributed by atoms with E-state index in [2.05, 4.69) is 29.2 Å². The van der Waals surface area contributed by atoms with Crippen molar-refractivity contribution in [3.05, 3.63) is 105 Å². The largest absolute Gasteiger partial charge is 0.294 e. The number of hydrogen-bond donors (Lipinski definition) is 0. The Kier molecular flexibility index (Phi) is 4.89. The van der Waals surface area contributed by atoms with Gasteiger partial charge in [-0.2, -0.15) is 0 Å². The van der Waals surface area contributed by atoms with E-state index in [0.717, 1.165) is 36.7 Å². The summed E-state index contributed by atoms with van der Waals surface area (Å²) >= 11 is 6.17. The minimum absolute atomic E-state index is 0.0553. The van der Waals surface area contributed by atoms with Crippen LogP contribution in [-0.4, -0.2) is 21.0 Å². The second-order valence-electron chi connectivity index (χ2n) is 7.89. The summed E-state index contributed by atoms with van der Waals surface area (Å²) in [4.78, 5) is 20.6. The van der Waals surface area contributed by atoms with Gasteiger partial charge in [0.15, 0.2) is 0 Å². The van der Waals surface area contributed by atoms with Crippen LogP contribution in [-0.2, 0) is 19.5 Å². The van der Waals surface area contributed by atoms with Crippen LogP contribution in [0.15, 0.2) is 71.5 Å². The van der Waals surface area contributed by atoms with E-state index < -0.39 is 0 Å². The highest BCUT2D eigenvalue weighted by Crippen LogP contribution is 2.23. The monoisotopic (exact) mass is 415 g/mol. The molecule has 5 rings (SSSR count). The van der Waals surface area contributed by atoms with Gasteiger partial charge in [0.25, 0.3) is 5.56 Å². The molecule has 5 heteroatoms. The number of aromatic nitrogens is 2. The standard InChI is InChI=1S/C25H22ClN3O/c1-17-6-9-21(10-7-17)29-24(27-23-14-20(26)8-11-22(23)25(29)30)12-13-28-15-18-4-2-3-5-19(18)16-28/h2-11,14H,12-13,15-16H2,1H3. The highest BCUT2D eigenvalue weighted by atomic mass is 35.5. The van der Waals surface area contributed by atoms with Crippen LogP contribution in [0.1, 0.15) is 22.5 Å². The number of benzene rings is 3. The third-order valence-electron chi connectivity index (χ3n) is 5.75. The fourth-order valence-electron chi connectivity index (χ4n) is 4.15. The molecule has 0 bridgehead atoms. The lowest BCUT2D eigenvalue weighted by Crippen LogP contribution is -2.27. The van der Waals surface area contributed by atoms with Gasteiger partial charge in [0.2, 0.25) is 0 Å². The predicted molar refractivity (Wildman–Crippen MR) is 121 cm³/mol. The molecule has 0 atom stereocenters. The van der Waals surface area contributed by atoms with Crippen molar-refractivity contribution in [2.24, 2.45) is 0 Å². The first-order valence-electron chi connectivity index (χ1n) is 10.2. The molecule has 30 heavy (non-hydrogen) atoms. The molecule has 2 heterocycles.